The van der Waals surface area contributed by atoms with E-state index in [4.69, 9.17) is 10.1 Å². The number of aromatic hydroxyl groups is 1. The van der Waals surface area contributed by atoms with Gasteiger partial charge in [-0.1, -0.05) is 42.5 Å². The van der Waals surface area contributed by atoms with Gasteiger partial charge in [0.05, 0.1) is 18.5 Å². The van der Waals surface area contributed by atoms with Gasteiger partial charge in [0.2, 0.25) is 11.2 Å². The maximum Gasteiger partial charge on any atom is 0.232 e. The number of anilines is 2. The molecule has 0 aliphatic carbocycles. The SMILES string of the molecule is COc1cc(C2C(=N)N(c3ccccc3)S(=O)N2c2ccccc2)ccc1O. The Labute approximate surface area is 165 Å². The molecule has 1 aliphatic heterocycles. The molecular formula is C21H19N3O3S. The van der Waals surface area contributed by atoms with Crippen LogP contribution in [0.5, 0.6) is 11.5 Å². The molecule has 0 saturated carbocycles. The molecule has 1 heterocycles. The topological polar surface area (TPSA) is 76.9 Å². The van der Waals surface area contributed by atoms with Gasteiger partial charge in [-0.05, 0) is 42.0 Å². The van der Waals surface area contributed by atoms with Gasteiger partial charge in [-0.25, -0.2) is 8.51 Å². The van der Waals surface area contributed by atoms with Crippen molar-refractivity contribution in [2.45, 2.75) is 6.04 Å². The second-order valence-electron chi connectivity index (χ2n) is 6.24. The zero-order chi connectivity index (χ0) is 19.7. The Kier molecular flexibility index (Phi) is 4.75. The lowest BCUT2D eigenvalue weighted by atomic mass is 10.0. The highest BCUT2D eigenvalue weighted by Crippen LogP contribution is 2.41. The first-order valence-corrected chi connectivity index (χ1v) is 9.75. The summed E-state index contributed by atoms with van der Waals surface area (Å²) in [6.45, 7) is 0. The number of nitrogens with zero attached hydrogens (tertiary/aromatic N) is 2. The molecule has 2 unspecified atom stereocenters. The molecule has 0 radical (unpaired) electrons. The average Bonchev–Trinajstić information content (AvgIpc) is 3.00. The number of hydrogen-bond acceptors (Lipinski definition) is 4. The molecule has 1 fully saturated rings. The van der Waals surface area contributed by atoms with E-state index >= 15 is 0 Å². The van der Waals surface area contributed by atoms with E-state index in [-0.39, 0.29) is 11.6 Å². The summed E-state index contributed by atoms with van der Waals surface area (Å²) in [6.07, 6.45) is 0. The standard InChI is InChI=1S/C21H19N3O3S/c1-27-19-14-15(12-13-18(19)25)20-21(22)24(17-10-6-3-7-11-17)28(26)23(20)16-8-4-2-5-9-16/h2-14,20,22,25H,1H3. The average molecular weight is 393 g/mol. The van der Waals surface area contributed by atoms with E-state index in [1.807, 2.05) is 60.7 Å². The second-order valence-corrected chi connectivity index (χ2v) is 7.46. The summed E-state index contributed by atoms with van der Waals surface area (Å²) in [5.41, 5.74) is 2.12. The molecular weight excluding hydrogens is 374 g/mol. The van der Waals surface area contributed by atoms with Gasteiger partial charge in [0.25, 0.3) is 0 Å². The molecule has 3 aromatic rings. The molecule has 3 aromatic carbocycles. The summed E-state index contributed by atoms with van der Waals surface area (Å²) < 4.78 is 21.9. The fourth-order valence-corrected chi connectivity index (χ4v) is 4.70. The van der Waals surface area contributed by atoms with Crippen molar-refractivity contribution in [2.75, 3.05) is 15.7 Å². The molecule has 1 aliphatic rings. The summed E-state index contributed by atoms with van der Waals surface area (Å²) in [5, 5.41) is 18.8. The number of phenols is 1. The van der Waals surface area contributed by atoms with Gasteiger partial charge in [0.1, 0.15) is 11.9 Å². The molecule has 0 spiro atoms. The van der Waals surface area contributed by atoms with E-state index in [2.05, 4.69) is 0 Å². The molecule has 7 heteroatoms. The molecule has 6 nitrogen and oxygen atoms in total. The van der Waals surface area contributed by atoms with E-state index in [1.54, 1.807) is 16.4 Å². The van der Waals surface area contributed by atoms with Crippen molar-refractivity contribution in [3.8, 4) is 11.5 Å². The van der Waals surface area contributed by atoms with Crippen molar-refractivity contribution in [3.63, 3.8) is 0 Å². The maximum absolute atomic E-state index is 13.5. The van der Waals surface area contributed by atoms with E-state index in [1.165, 1.54) is 17.5 Å². The number of amidine groups is 1. The van der Waals surface area contributed by atoms with Gasteiger partial charge in [-0.3, -0.25) is 9.71 Å². The Morgan fingerprint density at radius 1 is 0.964 bits per heavy atom. The van der Waals surface area contributed by atoms with Crippen LogP contribution in [0.2, 0.25) is 0 Å². The minimum Gasteiger partial charge on any atom is -0.504 e. The van der Waals surface area contributed by atoms with Crippen LogP contribution >= 0.6 is 0 Å². The lowest BCUT2D eigenvalue weighted by Crippen LogP contribution is -2.27. The summed E-state index contributed by atoms with van der Waals surface area (Å²) in [7, 11) is 1.47. The normalized spacial score (nSPS) is 19.1. The van der Waals surface area contributed by atoms with Crippen molar-refractivity contribution in [1.82, 2.24) is 0 Å². The summed E-state index contributed by atoms with van der Waals surface area (Å²) in [5.74, 6) is 0.506. The number of phenolic OH excluding ortho intramolecular Hbond substituents is 1. The molecule has 2 N–H and O–H groups in total. The molecule has 4 rings (SSSR count). The highest BCUT2D eigenvalue weighted by molar-refractivity contribution is 7.89. The highest BCUT2D eigenvalue weighted by Gasteiger charge is 2.44. The molecule has 0 aromatic heterocycles. The van der Waals surface area contributed by atoms with E-state index in [0.29, 0.717) is 17.0 Å². The monoisotopic (exact) mass is 393 g/mol. The van der Waals surface area contributed by atoms with Crippen molar-refractivity contribution in [1.29, 1.82) is 5.41 Å². The third-order valence-electron chi connectivity index (χ3n) is 4.56. The highest BCUT2D eigenvalue weighted by atomic mass is 32.2. The molecule has 142 valence electrons. The Balaban J connectivity index is 1.86. The fourth-order valence-electron chi connectivity index (χ4n) is 3.25. The van der Waals surface area contributed by atoms with Crippen molar-refractivity contribution in [3.05, 3.63) is 84.4 Å². The van der Waals surface area contributed by atoms with E-state index < -0.39 is 17.2 Å². The number of benzene rings is 3. The lowest BCUT2D eigenvalue weighted by Gasteiger charge is -2.23. The van der Waals surface area contributed by atoms with Crippen molar-refractivity contribution < 1.29 is 14.1 Å². The van der Waals surface area contributed by atoms with Gasteiger partial charge >= 0.3 is 0 Å². The van der Waals surface area contributed by atoms with Gasteiger partial charge in [0, 0.05) is 0 Å². The van der Waals surface area contributed by atoms with Gasteiger partial charge in [0.15, 0.2) is 11.5 Å². The zero-order valence-corrected chi connectivity index (χ0v) is 16.0. The van der Waals surface area contributed by atoms with Crippen LogP contribution in [-0.4, -0.2) is 22.3 Å². The molecule has 2 atom stereocenters. The Hall–Kier alpha value is -3.32. The van der Waals surface area contributed by atoms with Crippen LogP contribution in [0.4, 0.5) is 11.4 Å². The molecule has 28 heavy (non-hydrogen) atoms. The van der Waals surface area contributed by atoms with E-state index in [0.717, 1.165) is 5.69 Å². The van der Waals surface area contributed by atoms with Crippen LogP contribution < -0.4 is 13.3 Å². The third-order valence-corrected chi connectivity index (χ3v) is 6.04. The van der Waals surface area contributed by atoms with Crippen LogP contribution in [0.3, 0.4) is 0 Å². The summed E-state index contributed by atoms with van der Waals surface area (Å²) in [6, 6.07) is 22.9. The van der Waals surface area contributed by atoms with Crippen LogP contribution in [-0.2, 0) is 11.2 Å². The number of nitrogens with one attached hydrogen (secondary N) is 1. The van der Waals surface area contributed by atoms with Gasteiger partial charge in [-0.15, -0.1) is 0 Å². The minimum atomic E-state index is -1.64. The predicted octanol–water partition coefficient (Wildman–Crippen LogP) is 4.02. The first-order valence-electron chi connectivity index (χ1n) is 8.68. The number of methoxy groups -OCH3 is 1. The van der Waals surface area contributed by atoms with Gasteiger partial charge < -0.3 is 9.84 Å². The predicted molar refractivity (Wildman–Crippen MR) is 111 cm³/mol. The largest absolute Gasteiger partial charge is 0.504 e. The van der Waals surface area contributed by atoms with E-state index in [9.17, 15) is 9.32 Å². The van der Waals surface area contributed by atoms with Crippen LogP contribution in [0.25, 0.3) is 0 Å². The molecule has 0 amide bonds. The number of para-hydroxylation sites is 2. The summed E-state index contributed by atoms with van der Waals surface area (Å²) in [4.78, 5) is 0. The first kappa shape index (κ1) is 18.1. The lowest BCUT2D eigenvalue weighted by molar-refractivity contribution is 0.373. The molecule has 0 bridgehead atoms. The number of hydrogen-bond donors (Lipinski definition) is 2. The summed E-state index contributed by atoms with van der Waals surface area (Å²) >= 11 is -1.64. The minimum absolute atomic E-state index is 0.0167. The smallest absolute Gasteiger partial charge is 0.232 e. The van der Waals surface area contributed by atoms with Crippen molar-refractivity contribution in [2.24, 2.45) is 0 Å². The third kappa shape index (κ3) is 2.99. The quantitative estimate of drug-likeness (QED) is 0.703. The Morgan fingerprint density at radius 3 is 2.18 bits per heavy atom. The second kappa shape index (κ2) is 7.36. The Morgan fingerprint density at radius 2 is 1.57 bits per heavy atom. The van der Waals surface area contributed by atoms with Crippen LogP contribution in [0.1, 0.15) is 11.6 Å². The fraction of sp³-hybridized carbons (Fsp3) is 0.0952. The zero-order valence-electron chi connectivity index (χ0n) is 15.1. The van der Waals surface area contributed by atoms with Crippen molar-refractivity contribution >= 4 is 28.4 Å². The van der Waals surface area contributed by atoms with Gasteiger partial charge in [-0.2, -0.15) is 0 Å². The van der Waals surface area contributed by atoms with Crippen LogP contribution in [0, 0.1) is 5.41 Å². The Bertz CT molecular complexity index is 1030. The number of rotatable bonds is 4. The number of ether oxygens (including phenoxy) is 1. The maximum atomic E-state index is 13.5. The first-order chi connectivity index (χ1) is 13.6. The molecule has 1 saturated heterocycles. The van der Waals surface area contributed by atoms with Crippen LogP contribution in [0.15, 0.2) is 78.9 Å².